The van der Waals surface area contributed by atoms with Crippen LogP contribution in [0.1, 0.15) is 189 Å². The van der Waals surface area contributed by atoms with E-state index >= 15 is 0 Å². The summed E-state index contributed by atoms with van der Waals surface area (Å²) in [6, 6.07) is 23.1. The number of aryl methyl sites for hydroxylation is 4. The van der Waals surface area contributed by atoms with Crippen molar-refractivity contribution in [2.24, 2.45) is 70.5 Å². The fraction of sp³-hybridized carbons (Fsp3) is 0.672. The molecule has 3 aromatic carbocycles. The Balaban J connectivity index is 0.00000154. The molecule has 1 nitrogen and oxygen atoms in total. The molecule has 5 aliphatic carbocycles. The molecule has 65 heavy (non-hydrogen) atoms. The van der Waals surface area contributed by atoms with Gasteiger partial charge in [0.2, 0.25) is 0 Å². The molecule has 4 heteroatoms. The van der Waals surface area contributed by atoms with Crippen LogP contribution in [0.5, 0.6) is 0 Å². The topological polar surface area (TPSA) is 9.23 Å². The van der Waals surface area contributed by atoms with Crippen molar-refractivity contribution >= 4 is 17.0 Å². The third kappa shape index (κ3) is 11.2. The number of fused-ring (bicyclic) bond motifs is 3. The van der Waals surface area contributed by atoms with Gasteiger partial charge < -0.3 is 19.6 Å². The van der Waals surface area contributed by atoms with Gasteiger partial charge in [-0.15, -0.1) is 0 Å². The summed E-state index contributed by atoms with van der Waals surface area (Å²) < 4.78 is 6.84. The predicted molar refractivity (Wildman–Crippen MR) is 281 cm³/mol. The average Bonchev–Trinajstić information content (AvgIpc) is 3.86. The van der Waals surface area contributed by atoms with Gasteiger partial charge in [-0.3, -0.25) is 0 Å². The van der Waals surface area contributed by atoms with E-state index in [1.807, 2.05) is 7.11 Å². The molecule has 15 atom stereocenters. The van der Waals surface area contributed by atoms with Gasteiger partial charge in [0.15, 0.2) is 0 Å². The first-order valence-corrected chi connectivity index (χ1v) is 31.6. The van der Waals surface area contributed by atoms with E-state index in [0.717, 1.165) is 53.3 Å². The Labute approximate surface area is 420 Å². The molecule has 15 unspecified atom stereocenters. The van der Waals surface area contributed by atoms with Crippen LogP contribution in [-0.4, -0.2) is 13.2 Å². The molecule has 8 rings (SSSR count). The van der Waals surface area contributed by atoms with E-state index in [1.54, 1.807) is 16.7 Å². The summed E-state index contributed by atoms with van der Waals surface area (Å²) in [5.41, 5.74) is 14.1. The van der Waals surface area contributed by atoms with Crippen LogP contribution >= 0.6 is 17.0 Å². The minimum absolute atomic E-state index is 0. The third-order valence-electron chi connectivity index (χ3n) is 18.3. The van der Waals surface area contributed by atoms with Crippen LogP contribution < -0.4 is 0 Å². The molecule has 0 radical (unpaired) electrons. The van der Waals surface area contributed by atoms with Crippen molar-refractivity contribution in [3.05, 3.63) is 120 Å². The Morgan fingerprint density at radius 1 is 0.538 bits per heavy atom. The number of halogens is 2. The predicted octanol–water partition coefficient (Wildman–Crippen LogP) is 18.1. The number of hydrogen-bond acceptors (Lipinski definition) is 1. The van der Waals surface area contributed by atoms with Crippen LogP contribution in [0.3, 0.4) is 0 Å². The zero-order chi connectivity index (χ0) is 46.1. The number of ether oxygens (including phenoxy) is 1. The molecule has 0 aliphatic heterocycles. The SMILES string of the molecule is COC1C(c2cc(C(C)(C)C)cc(C(C)(C)C)c2)C2CC(C)C(CC3C(C)CC4C(c5cc(C)cc(C)c5)C5CCCC5C(c5cc(C)cc(C)c5)C34)C2CC1C(C)(C)C.[CH3-].[CH3-].[Cl][Zr+2][Cl]. The fourth-order valence-corrected chi connectivity index (χ4v) is 15.9. The summed E-state index contributed by atoms with van der Waals surface area (Å²) in [4.78, 5) is 0. The van der Waals surface area contributed by atoms with Gasteiger partial charge in [-0.05, 0) is 187 Å². The number of benzene rings is 3. The Hall–Kier alpha value is -0.917. The van der Waals surface area contributed by atoms with Crippen molar-refractivity contribution in [3.63, 3.8) is 0 Å². The standard InChI is InChI=1S/C59H86O.2CH3.2ClH.Zr/c1-33-20-34(2)23-39(22-33)52-44-18-17-19-45(44)53(40-24-35(3)21-36(4)25-40)55-47(38(6)27-50(52)55)31-46-37(5)26-49-48(46)32-51(59(13,14)15)56(60-16)54(49)41-28-42(57(7,8)9)30-43(29-41)58(10,11)12;;;;;/h20-25,28-30,37-38,44-56H,17-19,26-27,31-32H2,1-16H3;2*1H3;2*1H;/q;2*-1;;;+4/p-2. The maximum absolute atomic E-state index is 6.84. The Morgan fingerprint density at radius 2 is 0.969 bits per heavy atom. The molecule has 360 valence electrons. The Bertz CT molecular complexity index is 1980. The number of methoxy groups -OCH3 is 1. The maximum atomic E-state index is 6.84. The van der Waals surface area contributed by atoms with Gasteiger partial charge in [-0.2, -0.15) is 0 Å². The van der Waals surface area contributed by atoms with Crippen LogP contribution in [0, 0.1) is 113 Å². The second kappa shape index (κ2) is 21.2. The molecule has 5 saturated carbocycles. The van der Waals surface area contributed by atoms with Crippen LogP contribution in [-0.2, 0) is 36.4 Å². The fourth-order valence-electron chi connectivity index (χ4n) is 15.9. The minimum atomic E-state index is -0.826. The molecule has 0 spiro atoms. The first-order valence-electron chi connectivity index (χ1n) is 25.3. The second-order valence-corrected chi connectivity index (χ2v) is 29.3. The number of rotatable bonds is 6. The normalized spacial score (nSPS) is 34.2. The summed E-state index contributed by atoms with van der Waals surface area (Å²) >= 11 is -0.826. The summed E-state index contributed by atoms with van der Waals surface area (Å²) in [6.07, 6.45) is 9.95. The van der Waals surface area contributed by atoms with Crippen molar-refractivity contribution in [2.75, 3.05) is 7.11 Å². The van der Waals surface area contributed by atoms with Crippen molar-refractivity contribution < 1.29 is 25.6 Å². The van der Waals surface area contributed by atoms with Crippen molar-refractivity contribution in [1.82, 2.24) is 0 Å². The van der Waals surface area contributed by atoms with Gasteiger partial charge >= 0.3 is 37.9 Å². The van der Waals surface area contributed by atoms with Crippen LogP contribution in [0.2, 0.25) is 0 Å². The first kappa shape index (κ1) is 55.0. The van der Waals surface area contributed by atoms with E-state index in [2.05, 4.69) is 158 Å². The third-order valence-corrected chi connectivity index (χ3v) is 18.3. The van der Waals surface area contributed by atoms with E-state index < -0.39 is 20.8 Å². The van der Waals surface area contributed by atoms with Gasteiger partial charge in [0.25, 0.3) is 0 Å². The Morgan fingerprint density at radius 3 is 1.43 bits per heavy atom. The molecular formula is C61H92Cl2OZr. The molecule has 0 aromatic heterocycles. The first-order chi connectivity index (χ1) is 29.5. The Kier molecular flexibility index (Phi) is 17.9. The van der Waals surface area contributed by atoms with E-state index in [4.69, 9.17) is 21.8 Å². The summed E-state index contributed by atoms with van der Waals surface area (Å²) in [5, 5.41) is 0. The quantitative estimate of drug-likeness (QED) is 0.224. The number of hydrogen-bond donors (Lipinski definition) is 0. The van der Waals surface area contributed by atoms with E-state index in [-0.39, 0.29) is 37.2 Å². The van der Waals surface area contributed by atoms with Gasteiger partial charge in [0, 0.05) is 13.0 Å². The summed E-state index contributed by atoms with van der Waals surface area (Å²) in [6.45, 7) is 36.8. The van der Waals surface area contributed by atoms with E-state index in [9.17, 15) is 0 Å². The second-order valence-electron chi connectivity index (χ2n) is 25.6. The molecule has 5 fully saturated rings. The molecule has 0 heterocycles. The van der Waals surface area contributed by atoms with Crippen LogP contribution in [0.25, 0.3) is 0 Å². The zero-order valence-corrected chi connectivity index (χ0v) is 48.4. The van der Waals surface area contributed by atoms with E-state index in [0.29, 0.717) is 29.6 Å². The zero-order valence-electron chi connectivity index (χ0n) is 44.5. The van der Waals surface area contributed by atoms with Gasteiger partial charge in [0.1, 0.15) is 0 Å². The molecule has 5 aliphatic rings. The van der Waals surface area contributed by atoms with Crippen molar-refractivity contribution in [1.29, 1.82) is 0 Å². The molecule has 0 saturated heterocycles. The molecule has 0 N–H and O–H groups in total. The van der Waals surface area contributed by atoms with Gasteiger partial charge in [-0.1, -0.05) is 159 Å². The molecular weight excluding hydrogens is 911 g/mol. The van der Waals surface area contributed by atoms with Crippen molar-refractivity contribution in [2.45, 2.75) is 183 Å². The summed E-state index contributed by atoms with van der Waals surface area (Å²) in [7, 11) is 11.9. The van der Waals surface area contributed by atoms with Gasteiger partial charge in [-0.25, -0.2) is 0 Å². The van der Waals surface area contributed by atoms with Crippen molar-refractivity contribution in [3.8, 4) is 0 Å². The van der Waals surface area contributed by atoms with Crippen LogP contribution in [0.4, 0.5) is 0 Å². The van der Waals surface area contributed by atoms with Crippen LogP contribution in [0.15, 0.2) is 54.6 Å². The molecule has 0 amide bonds. The summed E-state index contributed by atoms with van der Waals surface area (Å²) in [5.74, 6) is 9.86. The van der Waals surface area contributed by atoms with Gasteiger partial charge in [0.05, 0.1) is 6.10 Å². The molecule has 3 aromatic rings. The monoisotopic (exact) mass is 1000 g/mol. The average molecular weight is 1000 g/mol. The molecule has 0 bridgehead atoms. The van der Waals surface area contributed by atoms with E-state index in [1.165, 1.54) is 78.3 Å².